The zero-order valence-corrected chi connectivity index (χ0v) is 9.52. The second-order valence-corrected chi connectivity index (χ2v) is 3.99. The highest BCUT2D eigenvalue weighted by Crippen LogP contribution is 2.12. The van der Waals surface area contributed by atoms with Crippen LogP contribution in [0.15, 0.2) is 18.7 Å². The van der Waals surface area contributed by atoms with Crippen LogP contribution in [0.25, 0.3) is 0 Å². The summed E-state index contributed by atoms with van der Waals surface area (Å²) < 4.78 is 1.93. The summed E-state index contributed by atoms with van der Waals surface area (Å²) >= 11 is 0. The molecule has 0 saturated carbocycles. The maximum Gasteiger partial charge on any atom is 0.274 e. The first-order chi connectivity index (χ1) is 8.74. The van der Waals surface area contributed by atoms with Crippen molar-refractivity contribution < 1.29 is 4.79 Å². The Morgan fingerprint density at radius 1 is 1.28 bits per heavy atom. The summed E-state index contributed by atoms with van der Waals surface area (Å²) in [5.74, 6) is 0.902. The molecule has 92 valence electrons. The lowest BCUT2D eigenvalue weighted by molar-refractivity contribution is 0.0701. The van der Waals surface area contributed by atoms with Gasteiger partial charge in [0.2, 0.25) is 0 Å². The largest absolute Gasteiger partial charge is 0.382 e. The van der Waals surface area contributed by atoms with Gasteiger partial charge in [-0.05, 0) is 0 Å². The molecule has 0 saturated heterocycles. The maximum atomic E-state index is 12.2. The third kappa shape index (κ3) is 1.77. The van der Waals surface area contributed by atoms with Gasteiger partial charge >= 0.3 is 0 Å². The summed E-state index contributed by atoms with van der Waals surface area (Å²) in [7, 11) is 0. The highest BCUT2D eigenvalue weighted by atomic mass is 16.2. The summed E-state index contributed by atoms with van der Waals surface area (Å²) in [6.07, 6.45) is 4.43. The van der Waals surface area contributed by atoms with Gasteiger partial charge in [-0.3, -0.25) is 4.79 Å². The second-order valence-electron chi connectivity index (χ2n) is 3.99. The Labute approximate surface area is 102 Å². The van der Waals surface area contributed by atoms with Crippen molar-refractivity contribution in [1.82, 2.24) is 29.6 Å². The smallest absolute Gasteiger partial charge is 0.274 e. The first-order valence-corrected chi connectivity index (χ1v) is 5.47. The lowest BCUT2D eigenvalue weighted by atomic mass is 10.3. The monoisotopic (exact) mass is 245 g/mol. The van der Waals surface area contributed by atoms with E-state index in [-0.39, 0.29) is 11.6 Å². The summed E-state index contributed by atoms with van der Waals surface area (Å²) in [4.78, 5) is 21.7. The van der Waals surface area contributed by atoms with Crippen molar-refractivity contribution >= 4 is 11.7 Å². The summed E-state index contributed by atoms with van der Waals surface area (Å²) in [5, 5.41) is 7.77. The lowest BCUT2D eigenvalue weighted by Gasteiger charge is -2.26. The van der Waals surface area contributed by atoms with Crippen molar-refractivity contribution in [3.63, 3.8) is 0 Å². The van der Waals surface area contributed by atoms with Crippen LogP contribution in [0.1, 0.15) is 16.3 Å². The van der Waals surface area contributed by atoms with E-state index in [1.807, 2.05) is 4.57 Å². The summed E-state index contributed by atoms with van der Waals surface area (Å²) in [6, 6.07) is 0. The molecule has 18 heavy (non-hydrogen) atoms. The molecular formula is C10H11N7O. The molecule has 0 radical (unpaired) electrons. The number of amides is 1. The third-order valence-electron chi connectivity index (χ3n) is 2.82. The van der Waals surface area contributed by atoms with Crippen molar-refractivity contribution in [2.75, 3.05) is 12.3 Å². The van der Waals surface area contributed by atoms with Crippen molar-refractivity contribution in [1.29, 1.82) is 0 Å². The SMILES string of the molecule is Nc1cnc(C(=O)N2CCn3cnnc3C2)cn1. The zero-order chi connectivity index (χ0) is 12.5. The van der Waals surface area contributed by atoms with Crippen LogP contribution in [0.5, 0.6) is 0 Å². The molecular weight excluding hydrogens is 234 g/mol. The minimum Gasteiger partial charge on any atom is -0.382 e. The molecule has 3 rings (SSSR count). The van der Waals surface area contributed by atoms with Crippen LogP contribution >= 0.6 is 0 Å². The molecule has 0 fully saturated rings. The number of nitrogens with zero attached hydrogens (tertiary/aromatic N) is 6. The number of anilines is 1. The number of carbonyl (C=O) groups is 1. The van der Waals surface area contributed by atoms with Crippen LogP contribution in [0.4, 0.5) is 5.82 Å². The molecule has 3 heterocycles. The highest BCUT2D eigenvalue weighted by Gasteiger charge is 2.23. The van der Waals surface area contributed by atoms with Gasteiger partial charge in [-0.2, -0.15) is 0 Å². The number of nitrogens with two attached hydrogens (primary N) is 1. The number of fused-ring (bicyclic) bond motifs is 1. The van der Waals surface area contributed by atoms with Gasteiger partial charge in [0.25, 0.3) is 5.91 Å². The molecule has 8 heteroatoms. The molecule has 0 unspecified atom stereocenters. The number of nitrogen functional groups attached to an aromatic ring is 1. The number of rotatable bonds is 1. The molecule has 0 atom stereocenters. The number of hydrogen-bond donors (Lipinski definition) is 1. The van der Waals surface area contributed by atoms with Crippen LogP contribution in [0.3, 0.4) is 0 Å². The van der Waals surface area contributed by atoms with Crippen molar-refractivity contribution in [3.05, 3.63) is 30.2 Å². The molecule has 2 N–H and O–H groups in total. The molecule has 2 aromatic heterocycles. The molecule has 0 bridgehead atoms. The van der Waals surface area contributed by atoms with Gasteiger partial charge in [0.05, 0.1) is 18.9 Å². The molecule has 2 aromatic rings. The molecule has 1 aliphatic rings. The van der Waals surface area contributed by atoms with E-state index >= 15 is 0 Å². The van der Waals surface area contributed by atoms with Crippen molar-refractivity contribution in [2.45, 2.75) is 13.1 Å². The summed E-state index contributed by atoms with van der Waals surface area (Å²) in [6.45, 7) is 1.73. The van der Waals surface area contributed by atoms with Crippen LogP contribution in [-0.2, 0) is 13.1 Å². The third-order valence-corrected chi connectivity index (χ3v) is 2.82. The zero-order valence-electron chi connectivity index (χ0n) is 9.52. The van der Waals surface area contributed by atoms with E-state index in [0.29, 0.717) is 25.5 Å². The topological polar surface area (TPSA) is 103 Å². The van der Waals surface area contributed by atoms with Gasteiger partial charge in [0.1, 0.15) is 17.8 Å². The predicted molar refractivity (Wildman–Crippen MR) is 61.2 cm³/mol. The van der Waals surface area contributed by atoms with Gasteiger partial charge in [-0.25, -0.2) is 9.97 Å². The normalized spacial score (nSPS) is 14.3. The van der Waals surface area contributed by atoms with Gasteiger partial charge < -0.3 is 15.2 Å². The highest BCUT2D eigenvalue weighted by molar-refractivity contribution is 5.92. The quantitative estimate of drug-likeness (QED) is 0.713. The Balaban J connectivity index is 1.80. The average molecular weight is 245 g/mol. The van der Waals surface area contributed by atoms with Gasteiger partial charge in [-0.15, -0.1) is 10.2 Å². The Morgan fingerprint density at radius 3 is 2.94 bits per heavy atom. The number of hydrogen-bond acceptors (Lipinski definition) is 6. The fourth-order valence-corrected chi connectivity index (χ4v) is 1.85. The maximum absolute atomic E-state index is 12.2. The van der Waals surface area contributed by atoms with E-state index in [1.54, 1.807) is 11.2 Å². The molecule has 0 spiro atoms. The standard InChI is InChI=1S/C10H11N7O/c11-8-4-12-7(3-13-8)10(18)16-1-2-17-6-14-15-9(17)5-16/h3-4,6H,1-2,5H2,(H2,11,13). The Kier molecular flexibility index (Phi) is 2.40. The molecule has 1 aliphatic heterocycles. The Morgan fingerprint density at radius 2 is 2.17 bits per heavy atom. The van der Waals surface area contributed by atoms with Crippen LogP contribution < -0.4 is 5.73 Å². The first kappa shape index (κ1) is 10.6. The van der Waals surface area contributed by atoms with E-state index in [1.165, 1.54) is 12.4 Å². The molecule has 0 aliphatic carbocycles. The minimum absolute atomic E-state index is 0.170. The number of carbonyl (C=O) groups excluding carboxylic acids is 1. The fourth-order valence-electron chi connectivity index (χ4n) is 1.85. The van der Waals surface area contributed by atoms with E-state index in [2.05, 4.69) is 20.2 Å². The lowest BCUT2D eigenvalue weighted by Crippen LogP contribution is -2.38. The average Bonchev–Trinajstić information content (AvgIpc) is 2.86. The summed E-state index contributed by atoms with van der Waals surface area (Å²) in [5.41, 5.74) is 5.72. The predicted octanol–water partition coefficient (Wildman–Crippen LogP) is -0.694. The van der Waals surface area contributed by atoms with Crippen LogP contribution in [-0.4, -0.2) is 42.1 Å². The molecule has 1 amide bonds. The molecule has 0 aromatic carbocycles. The Bertz CT molecular complexity index is 576. The first-order valence-electron chi connectivity index (χ1n) is 5.47. The van der Waals surface area contributed by atoms with Crippen LogP contribution in [0, 0.1) is 0 Å². The second kappa shape index (κ2) is 4.06. The van der Waals surface area contributed by atoms with Crippen LogP contribution in [0.2, 0.25) is 0 Å². The van der Waals surface area contributed by atoms with Gasteiger partial charge in [0.15, 0.2) is 5.82 Å². The minimum atomic E-state index is -0.170. The van der Waals surface area contributed by atoms with Crippen molar-refractivity contribution in [2.24, 2.45) is 0 Å². The van der Waals surface area contributed by atoms with Crippen molar-refractivity contribution in [3.8, 4) is 0 Å². The Hall–Kier alpha value is -2.51. The number of aromatic nitrogens is 5. The van der Waals surface area contributed by atoms with Gasteiger partial charge in [0, 0.05) is 13.1 Å². The molecule has 8 nitrogen and oxygen atoms in total. The van der Waals surface area contributed by atoms with E-state index in [4.69, 9.17) is 5.73 Å². The van der Waals surface area contributed by atoms with Gasteiger partial charge in [-0.1, -0.05) is 0 Å². The van der Waals surface area contributed by atoms with E-state index < -0.39 is 0 Å². The fraction of sp³-hybridized carbons (Fsp3) is 0.300. The van der Waals surface area contributed by atoms with E-state index in [9.17, 15) is 4.79 Å². The van der Waals surface area contributed by atoms with E-state index in [0.717, 1.165) is 5.82 Å².